The molecule has 0 saturated heterocycles. The lowest BCUT2D eigenvalue weighted by Gasteiger charge is -2.17. The molecule has 0 amide bonds. The number of hydrogen-bond donors (Lipinski definition) is 1. The standard InChI is InChI=1S/C17H20FNO/c1-3-10-20-16-7-5-4-6-14(16)17(19)13-8-9-15(18)12(2)11-13/h4-9,11,17H,3,10,19H2,1-2H3. The van der Waals surface area contributed by atoms with Crippen molar-refractivity contribution in [3.05, 3.63) is 65.0 Å². The van der Waals surface area contributed by atoms with E-state index in [1.165, 1.54) is 6.07 Å². The summed E-state index contributed by atoms with van der Waals surface area (Å²) in [7, 11) is 0. The molecule has 2 aromatic rings. The monoisotopic (exact) mass is 273 g/mol. The van der Waals surface area contributed by atoms with Crippen LogP contribution in [-0.4, -0.2) is 6.61 Å². The Kier molecular flexibility index (Phi) is 4.74. The summed E-state index contributed by atoms with van der Waals surface area (Å²) >= 11 is 0. The van der Waals surface area contributed by atoms with Crippen LogP contribution in [-0.2, 0) is 0 Å². The van der Waals surface area contributed by atoms with Crippen molar-refractivity contribution < 1.29 is 9.13 Å². The molecule has 0 radical (unpaired) electrons. The highest BCUT2D eigenvalue weighted by molar-refractivity contribution is 5.42. The fourth-order valence-electron chi connectivity index (χ4n) is 2.12. The first-order valence-electron chi connectivity index (χ1n) is 6.86. The largest absolute Gasteiger partial charge is 0.493 e. The van der Waals surface area contributed by atoms with E-state index in [4.69, 9.17) is 10.5 Å². The van der Waals surface area contributed by atoms with Crippen LogP contribution in [0.4, 0.5) is 4.39 Å². The van der Waals surface area contributed by atoms with Crippen molar-refractivity contribution in [1.82, 2.24) is 0 Å². The first kappa shape index (κ1) is 14.5. The van der Waals surface area contributed by atoms with Gasteiger partial charge in [0.1, 0.15) is 11.6 Å². The van der Waals surface area contributed by atoms with Crippen LogP contribution in [0.15, 0.2) is 42.5 Å². The Bertz CT molecular complexity index is 583. The molecule has 2 N–H and O–H groups in total. The van der Waals surface area contributed by atoms with Gasteiger partial charge < -0.3 is 10.5 Å². The minimum atomic E-state index is -0.317. The zero-order valence-corrected chi connectivity index (χ0v) is 11.9. The average Bonchev–Trinajstić information content (AvgIpc) is 2.47. The lowest BCUT2D eigenvalue weighted by Crippen LogP contribution is -2.14. The van der Waals surface area contributed by atoms with Crippen molar-refractivity contribution in [3.63, 3.8) is 0 Å². The summed E-state index contributed by atoms with van der Waals surface area (Å²) < 4.78 is 19.1. The zero-order chi connectivity index (χ0) is 14.5. The van der Waals surface area contributed by atoms with Crippen LogP contribution in [0, 0.1) is 12.7 Å². The van der Waals surface area contributed by atoms with Gasteiger partial charge in [-0.15, -0.1) is 0 Å². The number of aryl methyl sites for hydroxylation is 1. The van der Waals surface area contributed by atoms with Crippen LogP contribution >= 0.6 is 0 Å². The maximum absolute atomic E-state index is 13.3. The Balaban J connectivity index is 2.32. The molecule has 0 aliphatic carbocycles. The van der Waals surface area contributed by atoms with Gasteiger partial charge in [-0.1, -0.05) is 37.3 Å². The molecule has 0 fully saturated rings. The molecule has 0 aliphatic heterocycles. The van der Waals surface area contributed by atoms with Gasteiger partial charge in [0.2, 0.25) is 0 Å². The third kappa shape index (κ3) is 3.17. The van der Waals surface area contributed by atoms with E-state index in [0.717, 1.165) is 23.3 Å². The Labute approximate surface area is 119 Å². The summed E-state index contributed by atoms with van der Waals surface area (Å²) in [6.07, 6.45) is 0.944. The maximum atomic E-state index is 13.3. The maximum Gasteiger partial charge on any atom is 0.126 e. The number of benzene rings is 2. The van der Waals surface area contributed by atoms with Crippen molar-refractivity contribution >= 4 is 0 Å². The lowest BCUT2D eigenvalue weighted by atomic mass is 9.97. The molecule has 106 valence electrons. The molecule has 2 aromatic carbocycles. The van der Waals surface area contributed by atoms with Gasteiger partial charge >= 0.3 is 0 Å². The van der Waals surface area contributed by atoms with Gasteiger partial charge in [0, 0.05) is 5.56 Å². The number of rotatable bonds is 5. The Morgan fingerprint density at radius 2 is 1.95 bits per heavy atom. The van der Waals surface area contributed by atoms with Gasteiger partial charge in [0.25, 0.3) is 0 Å². The molecular formula is C17H20FNO. The predicted octanol–water partition coefficient (Wildman–Crippen LogP) is 3.97. The second-order valence-corrected chi connectivity index (χ2v) is 4.87. The van der Waals surface area contributed by atoms with E-state index in [2.05, 4.69) is 6.92 Å². The molecule has 20 heavy (non-hydrogen) atoms. The summed E-state index contributed by atoms with van der Waals surface area (Å²) in [6.45, 7) is 4.46. The number of nitrogens with two attached hydrogens (primary N) is 1. The van der Waals surface area contributed by atoms with Gasteiger partial charge in [0.15, 0.2) is 0 Å². The van der Waals surface area contributed by atoms with Gasteiger partial charge in [-0.25, -0.2) is 4.39 Å². The molecule has 0 heterocycles. The second-order valence-electron chi connectivity index (χ2n) is 4.87. The SMILES string of the molecule is CCCOc1ccccc1C(N)c1ccc(F)c(C)c1. The number of ether oxygens (including phenoxy) is 1. The van der Waals surface area contributed by atoms with Crippen LogP contribution in [0.1, 0.15) is 36.1 Å². The van der Waals surface area contributed by atoms with Crippen LogP contribution in [0.3, 0.4) is 0 Å². The summed E-state index contributed by atoms with van der Waals surface area (Å²) in [4.78, 5) is 0. The fourth-order valence-corrected chi connectivity index (χ4v) is 2.12. The second kappa shape index (κ2) is 6.53. The topological polar surface area (TPSA) is 35.2 Å². The number of para-hydroxylation sites is 1. The quantitative estimate of drug-likeness (QED) is 0.894. The zero-order valence-electron chi connectivity index (χ0n) is 11.9. The molecule has 0 saturated carbocycles. The van der Waals surface area contributed by atoms with Crippen molar-refractivity contribution in [1.29, 1.82) is 0 Å². The van der Waals surface area contributed by atoms with E-state index >= 15 is 0 Å². The highest BCUT2D eigenvalue weighted by Gasteiger charge is 2.14. The number of halogens is 1. The van der Waals surface area contributed by atoms with E-state index in [9.17, 15) is 4.39 Å². The summed E-state index contributed by atoms with van der Waals surface area (Å²) in [5, 5.41) is 0. The summed E-state index contributed by atoms with van der Waals surface area (Å²) in [5.74, 6) is 0.584. The summed E-state index contributed by atoms with van der Waals surface area (Å²) in [6, 6.07) is 12.4. The molecule has 0 spiro atoms. The third-order valence-corrected chi connectivity index (χ3v) is 3.26. The van der Waals surface area contributed by atoms with Crippen LogP contribution in [0.5, 0.6) is 5.75 Å². The number of hydrogen-bond acceptors (Lipinski definition) is 2. The van der Waals surface area contributed by atoms with E-state index in [1.807, 2.05) is 24.3 Å². The average molecular weight is 273 g/mol. The molecule has 0 bridgehead atoms. The smallest absolute Gasteiger partial charge is 0.126 e. The van der Waals surface area contributed by atoms with Crippen LogP contribution < -0.4 is 10.5 Å². The lowest BCUT2D eigenvalue weighted by molar-refractivity contribution is 0.313. The first-order valence-corrected chi connectivity index (χ1v) is 6.86. The Morgan fingerprint density at radius 1 is 1.20 bits per heavy atom. The van der Waals surface area contributed by atoms with Crippen LogP contribution in [0.25, 0.3) is 0 Å². The van der Waals surface area contributed by atoms with E-state index in [0.29, 0.717) is 12.2 Å². The highest BCUT2D eigenvalue weighted by Crippen LogP contribution is 2.29. The molecule has 0 aliphatic rings. The predicted molar refractivity (Wildman–Crippen MR) is 79.4 cm³/mol. The summed E-state index contributed by atoms with van der Waals surface area (Å²) in [5.41, 5.74) is 8.72. The van der Waals surface area contributed by atoms with Crippen molar-refractivity contribution in [2.75, 3.05) is 6.61 Å². The Morgan fingerprint density at radius 3 is 2.65 bits per heavy atom. The van der Waals surface area contributed by atoms with Gasteiger partial charge in [-0.05, 0) is 36.6 Å². The van der Waals surface area contributed by atoms with Gasteiger partial charge in [-0.3, -0.25) is 0 Å². The molecule has 1 unspecified atom stereocenters. The van der Waals surface area contributed by atoms with Crippen LogP contribution in [0.2, 0.25) is 0 Å². The highest BCUT2D eigenvalue weighted by atomic mass is 19.1. The minimum absolute atomic E-state index is 0.212. The Hall–Kier alpha value is -1.87. The van der Waals surface area contributed by atoms with Gasteiger partial charge in [-0.2, -0.15) is 0 Å². The van der Waals surface area contributed by atoms with E-state index in [1.54, 1.807) is 19.1 Å². The van der Waals surface area contributed by atoms with Crippen molar-refractivity contribution in [2.24, 2.45) is 5.73 Å². The normalized spacial score (nSPS) is 12.2. The van der Waals surface area contributed by atoms with E-state index < -0.39 is 0 Å². The van der Waals surface area contributed by atoms with Crippen molar-refractivity contribution in [2.45, 2.75) is 26.3 Å². The molecule has 3 heteroatoms. The van der Waals surface area contributed by atoms with E-state index in [-0.39, 0.29) is 11.9 Å². The first-order chi connectivity index (χ1) is 9.63. The third-order valence-electron chi connectivity index (χ3n) is 3.26. The molecule has 2 nitrogen and oxygen atoms in total. The molecule has 1 atom stereocenters. The minimum Gasteiger partial charge on any atom is -0.493 e. The van der Waals surface area contributed by atoms with Gasteiger partial charge in [0.05, 0.1) is 12.6 Å². The van der Waals surface area contributed by atoms with Crippen molar-refractivity contribution in [3.8, 4) is 5.75 Å². The molecule has 2 rings (SSSR count). The fraction of sp³-hybridized carbons (Fsp3) is 0.294. The molecule has 0 aromatic heterocycles. The molecular weight excluding hydrogens is 253 g/mol.